The molecule has 0 radical (unpaired) electrons. The van der Waals surface area contributed by atoms with Crippen molar-refractivity contribution < 1.29 is 15.3 Å². The summed E-state index contributed by atoms with van der Waals surface area (Å²) < 4.78 is 0. The average Bonchev–Trinajstić information content (AvgIpc) is 2.28. The molecule has 0 spiro atoms. The second kappa shape index (κ2) is 4.00. The van der Waals surface area contributed by atoms with Crippen LogP contribution in [0.4, 0.5) is 0 Å². The van der Waals surface area contributed by atoms with Crippen LogP contribution in [0.3, 0.4) is 0 Å². The lowest BCUT2D eigenvalue weighted by molar-refractivity contribution is 0.184. The third-order valence-corrected chi connectivity index (χ3v) is 2.58. The summed E-state index contributed by atoms with van der Waals surface area (Å²) in [5, 5.41) is 30.3. The van der Waals surface area contributed by atoms with Gasteiger partial charge < -0.3 is 21.1 Å². The molecule has 0 amide bonds. The fourth-order valence-corrected chi connectivity index (χ4v) is 1.79. The lowest BCUT2D eigenvalue weighted by Gasteiger charge is -2.13. The van der Waals surface area contributed by atoms with Crippen molar-refractivity contribution in [2.24, 2.45) is 5.73 Å². The second-order valence-corrected chi connectivity index (χ2v) is 3.66. The fourth-order valence-electron chi connectivity index (χ4n) is 1.79. The molecular formula is C12H13NO3. The standard InChI is InChI=1S/C12H13NO3/c13-6-11(16)12-9-5-8(14)3-1-7(9)2-4-10(12)15/h1-5,11,14-16H,6,13H2. The number of phenolic OH excluding ortho intramolecular Hbond substituents is 2. The molecule has 0 aromatic heterocycles. The number of fused-ring (bicyclic) bond motifs is 1. The zero-order valence-corrected chi connectivity index (χ0v) is 8.59. The van der Waals surface area contributed by atoms with E-state index in [-0.39, 0.29) is 18.0 Å². The molecule has 1 unspecified atom stereocenters. The van der Waals surface area contributed by atoms with Gasteiger partial charge in [0.25, 0.3) is 0 Å². The van der Waals surface area contributed by atoms with E-state index in [4.69, 9.17) is 5.73 Å². The van der Waals surface area contributed by atoms with Gasteiger partial charge in [-0.25, -0.2) is 0 Å². The Morgan fingerprint density at radius 3 is 2.50 bits per heavy atom. The minimum Gasteiger partial charge on any atom is -0.508 e. The molecule has 0 saturated carbocycles. The van der Waals surface area contributed by atoms with E-state index in [0.717, 1.165) is 5.39 Å². The summed E-state index contributed by atoms with van der Waals surface area (Å²) in [6.07, 6.45) is -0.939. The van der Waals surface area contributed by atoms with E-state index in [0.29, 0.717) is 10.9 Å². The highest BCUT2D eigenvalue weighted by Crippen LogP contribution is 2.33. The van der Waals surface area contributed by atoms with E-state index < -0.39 is 6.10 Å². The van der Waals surface area contributed by atoms with Crippen molar-refractivity contribution in [2.75, 3.05) is 6.54 Å². The Bertz CT molecular complexity index is 520. The van der Waals surface area contributed by atoms with Crippen molar-refractivity contribution in [3.8, 4) is 11.5 Å². The molecule has 2 rings (SSSR count). The highest BCUT2D eigenvalue weighted by Gasteiger charge is 2.14. The van der Waals surface area contributed by atoms with Crippen molar-refractivity contribution in [3.63, 3.8) is 0 Å². The molecular weight excluding hydrogens is 206 g/mol. The van der Waals surface area contributed by atoms with Gasteiger partial charge in [-0.15, -0.1) is 0 Å². The summed E-state index contributed by atoms with van der Waals surface area (Å²) in [7, 11) is 0. The third kappa shape index (κ3) is 1.68. The molecule has 0 saturated heterocycles. The van der Waals surface area contributed by atoms with E-state index in [1.807, 2.05) is 0 Å². The molecule has 0 aliphatic heterocycles. The van der Waals surface area contributed by atoms with Gasteiger partial charge in [0, 0.05) is 12.1 Å². The number of phenols is 2. The van der Waals surface area contributed by atoms with Crippen molar-refractivity contribution in [1.29, 1.82) is 0 Å². The molecule has 0 heterocycles. The molecule has 2 aromatic rings. The van der Waals surface area contributed by atoms with Crippen LogP contribution < -0.4 is 5.73 Å². The number of aliphatic hydroxyl groups excluding tert-OH is 1. The molecule has 5 N–H and O–H groups in total. The first kappa shape index (κ1) is 10.7. The maximum atomic E-state index is 9.73. The number of aromatic hydroxyl groups is 2. The second-order valence-electron chi connectivity index (χ2n) is 3.66. The van der Waals surface area contributed by atoms with E-state index in [2.05, 4.69) is 0 Å². The number of benzene rings is 2. The molecule has 4 heteroatoms. The molecule has 4 nitrogen and oxygen atoms in total. The SMILES string of the molecule is NCC(O)c1c(O)ccc2ccc(O)cc12. The van der Waals surface area contributed by atoms with Crippen LogP contribution in [-0.2, 0) is 0 Å². The minimum absolute atomic E-state index is 0.0162. The van der Waals surface area contributed by atoms with Crippen LogP contribution in [0.2, 0.25) is 0 Å². The van der Waals surface area contributed by atoms with Crippen LogP contribution in [0.1, 0.15) is 11.7 Å². The summed E-state index contributed by atoms with van der Waals surface area (Å²) in [5.41, 5.74) is 5.74. The van der Waals surface area contributed by atoms with Crippen LogP contribution >= 0.6 is 0 Å². The quantitative estimate of drug-likeness (QED) is 0.612. The average molecular weight is 219 g/mol. The molecule has 1 atom stereocenters. The van der Waals surface area contributed by atoms with Crippen LogP contribution in [-0.4, -0.2) is 21.9 Å². The van der Waals surface area contributed by atoms with Crippen molar-refractivity contribution in [1.82, 2.24) is 0 Å². The number of aliphatic hydroxyl groups is 1. The van der Waals surface area contributed by atoms with Crippen LogP contribution in [0.5, 0.6) is 11.5 Å². The highest BCUT2D eigenvalue weighted by molar-refractivity contribution is 5.89. The van der Waals surface area contributed by atoms with Gasteiger partial charge in [-0.1, -0.05) is 12.1 Å². The van der Waals surface area contributed by atoms with E-state index in [9.17, 15) is 15.3 Å². The zero-order chi connectivity index (χ0) is 11.7. The van der Waals surface area contributed by atoms with Gasteiger partial charge in [0.1, 0.15) is 11.5 Å². The minimum atomic E-state index is -0.939. The van der Waals surface area contributed by atoms with Crippen molar-refractivity contribution in [3.05, 3.63) is 35.9 Å². The van der Waals surface area contributed by atoms with Gasteiger partial charge in [0.15, 0.2) is 0 Å². The van der Waals surface area contributed by atoms with Crippen LogP contribution in [0.25, 0.3) is 10.8 Å². The largest absolute Gasteiger partial charge is 0.508 e. The number of rotatable bonds is 2. The predicted molar refractivity (Wildman–Crippen MR) is 61.3 cm³/mol. The van der Waals surface area contributed by atoms with Crippen molar-refractivity contribution in [2.45, 2.75) is 6.10 Å². The first-order valence-corrected chi connectivity index (χ1v) is 4.96. The summed E-state index contributed by atoms with van der Waals surface area (Å²) in [6, 6.07) is 8.00. The lowest BCUT2D eigenvalue weighted by atomic mass is 9.99. The summed E-state index contributed by atoms with van der Waals surface area (Å²) in [4.78, 5) is 0. The fraction of sp³-hybridized carbons (Fsp3) is 0.167. The Labute approximate surface area is 92.6 Å². The maximum Gasteiger partial charge on any atom is 0.122 e. The zero-order valence-electron chi connectivity index (χ0n) is 8.59. The number of nitrogens with two attached hydrogens (primary N) is 1. The Morgan fingerprint density at radius 1 is 1.12 bits per heavy atom. The number of hydrogen-bond donors (Lipinski definition) is 4. The Balaban J connectivity index is 2.77. The van der Waals surface area contributed by atoms with Gasteiger partial charge in [0.2, 0.25) is 0 Å². The monoisotopic (exact) mass is 219 g/mol. The molecule has 0 aliphatic rings. The number of hydrogen-bond acceptors (Lipinski definition) is 4. The summed E-state index contributed by atoms with van der Waals surface area (Å²) in [6.45, 7) is 0.0162. The van der Waals surface area contributed by atoms with E-state index >= 15 is 0 Å². The third-order valence-electron chi connectivity index (χ3n) is 2.58. The normalized spacial score (nSPS) is 12.9. The van der Waals surface area contributed by atoms with Gasteiger partial charge in [0.05, 0.1) is 6.10 Å². The molecule has 2 aromatic carbocycles. The first-order chi connectivity index (χ1) is 7.63. The molecule has 0 fully saturated rings. The topological polar surface area (TPSA) is 86.7 Å². The van der Waals surface area contributed by atoms with Gasteiger partial charge >= 0.3 is 0 Å². The Hall–Kier alpha value is -1.78. The molecule has 16 heavy (non-hydrogen) atoms. The molecule has 0 bridgehead atoms. The smallest absolute Gasteiger partial charge is 0.122 e. The molecule has 0 aliphatic carbocycles. The summed E-state index contributed by atoms with van der Waals surface area (Å²) in [5.74, 6) is 0.0691. The van der Waals surface area contributed by atoms with Gasteiger partial charge in [-0.05, 0) is 29.0 Å². The maximum absolute atomic E-state index is 9.73. The first-order valence-electron chi connectivity index (χ1n) is 4.96. The van der Waals surface area contributed by atoms with Crippen LogP contribution in [0.15, 0.2) is 30.3 Å². The van der Waals surface area contributed by atoms with Gasteiger partial charge in [-0.2, -0.15) is 0 Å². The van der Waals surface area contributed by atoms with Crippen molar-refractivity contribution >= 4 is 10.8 Å². The predicted octanol–water partition coefficient (Wildman–Crippen LogP) is 1.24. The highest BCUT2D eigenvalue weighted by atomic mass is 16.3. The summed E-state index contributed by atoms with van der Waals surface area (Å²) >= 11 is 0. The van der Waals surface area contributed by atoms with Gasteiger partial charge in [-0.3, -0.25) is 0 Å². The Morgan fingerprint density at radius 2 is 1.81 bits per heavy atom. The molecule has 84 valence electrons. The van der Waals surface area contributed by atoms with Crippen LogP contribution in [0, 0.1) is 0 Å². The van der Waals surface area contributed by atoms with E-state index in [1.165, 1.54) is 12.1 Å². The lowest BCUT2D eigenvalue weighted by Crippen LogP contribution is -2.12. The Kier molecular flexibility index (Phi) is 2.68. The van der Waals surface area contributed by atoms with E-state index in [1.54, 1.807) is 18.2 Å².